The number of nitrogens with zero attached hydrogens (tertiary/aromatic N) is 2. The molecule has 3 rings (SSSR count). The zero-order valence-corrected chi connectivity index (χ0v) is 22.5. The number of anilines is 1. The van der Waals surface area contributed by atoms with Crippen LogP contribution < -0.4 is 14.4 Å². The van der Waals surface area contributed by atoms with Crippen LogP contribution in [0.5, 0.6) is 5.75 Å². The largest absolute Gasteiger partial charge is 0.497 e. The average Bonchev–Trinajstić information content (AvgIpc) is 2.88. The molecular weight excluding hydrogens is 514 g/mol. The molecule has 0 aliphatic carbocycles. The zero-order valence-electron chi connectivity index (χ0n) is 20.9. The molecule has 0 aromatic heterocycles. The molecule has 0 saturated heterocycles. The Morgan fingerprint density at radius 2 is 1.62 bits per heavy atom. The minimum Gasteiger partial charge on any atom is -0.497 e. The number of methoxy groups -OCH3 is 1. The summed E-state index contributed by atoms with van der Waals surface area (Å²) in [6.45, 7) is -0.432. The van der Waals surface area contributed by atoms with E-state index in [-0.39, 0.29) is 18.9 Å². The predicted octanol–water partition coefficient (Wildman–Crippen LogP) is 3.50. The van der Waals surface area contributed by atoms with Crippen molar-refractivity contribution in [2.75, 3.05) is 31.3 Å². The van der Waals surface area contributed by atoms with Crippen LogP contribution in [0.25, 0.3) is 0 Å². The van der Waals surface area contributed by atoms with Crippen molar-refractivity contribution in [3.8, 4) is 5.75 Å². The fraction of sp³-hybridized carbons (Fsp3) is 0.259. The van der Waals surface area contributed by atoms with E-state index < -0.39 is 28.5 Å². The van der Waals surface area contributed by atoms with Gasteiger partial charge in [-0.1, -0.05) is 54.1 Å². The SMILES string of the molecule is CNC(=O)C(Cc1ccccc1)N(Cc1cccc(Cl)c1)C(=O)CN(c1ccc(OC)cc1)S(C)(=O)=O. The third kappa shape index (κ3) is 7.71. The molecular formula is C27H30ClN3O5S. The first kappa shape index (κ1) is 28.0. The Labute approximate surface area is 222 Å². The number of nitrogens with one attached hydrogen (secondary N) is 1. The third-order valence-electron chi connectivity index (χ3n) is 5.80. The van der Waals surface area contributed by atoms with Gasteiger partial charge in [0.15, 0.2) is 0 Å². The Morgan fingerprint density at radius 1 is 0.973 bits per heavy atom. The maximum absolute atomic E-state index is 13.8. The molecule has 0 aliphatic rings. The van der Waals surface area contributed by atoms with Crippen LogP contribution in [0, 0.1) is 0 Å². The topological polar surface area (TPSA) is 96.0 Å². The highest BCUT2D eigenvalue weighted by Crippen LogP contribution is 2.23. The van der Waals surface area contributed by atoms with Crippen LogP contribution in [0.1, 0.15) is 11.1 Å². The van der Waals surface area contributed by atoms with Gasteiger partial charge in [-0.2, -0.15) is 0 Å². The molecule has 0 saturated carbocycles. The number of ether oxygens (including phenoxy) is 1. The van der Waals surface area contributed by atoms with Crippen molar-refractivity contribution >= 4 is 39.1 Å². The standard InChI is InChI=1S/C27H30ClN3O5S/c1-29-27(33)25(17-20-8-5-4-6-9-20)30(18-21-10-7-11-22(28)16-21)26(32)19-31(37(3,34)35)23-12-14-24(36-2)15-13-23/h4-16,25H,17-19H2,1-3H3,(H,29,33). The van der Waals surface area contributed by atoms with E-state index in [0.717, 1.165) is 16.1 Å². The lowest BCUT2D eigenvalue weighted by Gasteiger charge is -2.33. The van der Waals surface area contributed by atoms with E-state index in [2.05, 4.69) is 5.32 Å². The number of likely N-dealkylation sites (N-methyl/N-ethyl adjacent to an activating group) is 1. The second-order valence-electron chi connectivity index (χ2n) is 8.44. The normalized spacial score (nSPS) is 11.9. The molecule has 3 aromatic carbocycles. The highest BCUT2D eigenvalue weighted by atomic mass is 35.5. The van der Waals surface area contributed by atoms with Crippen molar-refractivity contribution in [1.29, 1.82) is 0 Å². The summed E-state index contributed by atoms with van der Waals surface area (Å²) in [5.41, 5.74) is 1.87. The minimum atomic E-state index is -3.83. The van der Waals surface area contributed by atoms with E-state index in [1.807, 2.05) is 30.3 Å². The molecule has 1 unspecified atom stereocenters. The van der Waals surface area contributed by atoms with E-state index >= 15 is 0 Å². The van der Waals surface area contributed by atoms with Gasteiger partial charge in [-0.25, -0.2) is 8.42 Å². The maximum Gasteiger partial charge on any atom is 0.244 e. The summed E-state index contributed by atoms with van der Waals surface area (Å²) in [4.78, 5) is 28.3. The van der Waals surface area contributed by atoms with Crippen LogP contribution >= 0.6 is 11.6 Å². The van der Waals surface area contributed by atoms with Crippen molar-refractivity contribution in [2.24, 2.45) is 0 Å². The number of halogens is 1. The molecule has 1 atom stereocenters. The van der Waals surface area contributed by atoms with E-state index in [0.29, 0.717) is 22.0 Å². The third-order valence-corrected chi connectivity index (χ3v) is 7.17. The van der Waals surface area contributed by atoms with Gasteiger partial charge < -0.3 is 15.0 Å². The van der Waals surface area contributed by atoms with Gasteiger partial charge in [0.05, 0.1) is 19.1 Å². The summed E-state index contributed by atoms with van der Waals surface area (Å²) in [5.74, 6) is -0.353. The monoisotopic (exact) mass is 543 g/mol. The lowest BCUT2D eigenvalue weighted by atomic mass is 10.0. The molecule has 196 valence electrons. The highest BCUT2D eigenvalue weighted by molar-refractivity contribution is 7.92. The molecule has 0 spiro atoms. The molecule has 2 amide bonds. The number of hydrogen-bond donors (Lipinski definition) is 1. The average molecular weight is 544 g/mol. The molecule has 37 heavy (non-hydrogen) atoms. The van der Waals surface area contributed by atoms with Crippen molar-refractivity contribution < 1.29 is 22.7 Å². The first-order valence-electron chi connectivity index (χ1n) is 11.5. The van der Waals surface area contributed by atoms with Gasteiger partial charge >= 0.3 is 0 Å². The Balaban J connectivity index is 2.01. The second-order valence-corrected chi connectivity index (χ2v) is 10.8. The molecule has 0 radical (unpaired) electrons. The molecule has 0 bridgehead atoms. The molecule has 8 nitrogen and oxygen atoms in total. The summed E-state index contributed by atoms with van der Waals surface area (Å²) in [5, 5.41) is 3.13. The maximum atomic E-state index is 13.8. The van der Waals surface area contributed by atoms with Crippen molar-refractivity contribution in [3.63, 3.8) is 0 Å². The quantitative estimate of drug-likeness (QED) is 0.399. The van der Waals surface area contributed by atoms with Gasteiger partial charge in [-0.05, 0) is 47.5 Å². The number of benzene rings is 3. The summed E-state index contributed by atoms with van der Waals surface area (Å²) < 4.78 is 31.6. The molecule has 10 heteroatoms. The number of hydrogen-bond acceptors (Lipinski definition) is 5. The Kier molecular flexibility index (Phi) is 9.54. The fourth-order valence-corrected chi connectivity index (χ4v) is 4.98. The fourth-order valence-electron chi connectivity index (χ4n) is 3.91. The van der Waals surface area contributed by atoms with E-state index in [1.54, 1.807) is 48.5 Å². The Bertz CT molecular complexity index is 1320. The minimum absolute atomic E-state index is 0.0600. The number of carbonyl (C=O) groups excluding carboxylic acids is 2. The first-order chi connectivity index (χ1) is 17.6. The first-order valence-corrected chi connectivity index (χ1v) is 13.8. The summed E-state index contributed by atoms with van der Waals surface area (Å²) in [6, 6.07) is 21.8. The van der Waals surface area contributed by atoms with Gasteiger partial charge in [0.1, 0.15) is 18.3 Å². The van der Waals surface area contributed by atoms with Gasteiger partial charge in [0, 0.05) is 25.0 Å². The van der Waals surface area contributed by atoms with Gasteiger partial charge in [-0.15, -0.1) is 0 Å². The zero-order chi connectivity index (χ0) is 27.0. The Morgan fingerprint density at radius 3 is 2.19 bits per heavy atom. The van der Waals surface area contributed by atoms with Crippen LogP contribution in [0.4, 0.5) is 5.69 Å². The summed E-state index contributed by atoms with van der Waals surface area (Å²) >= 11 is 6.18. The van der Waals surface area contributed by atoms with Crippen LogP contribution in [0.3, 0.4) is 0 Å². The number of carbonyl (C=O) groups is 2. The number of rotatable bonds is 11. The van der Waals surface area contributed by atoms with Crippen LogP contribution in [0.15, 0.2) is 78.9 Å². The predicted molar refractivity (Wildman–Crippen MR) is 145 cm³/mol. The van der Waals surface area contributed by atoms with Crippen molar-refractivity contribution in [2.45, 2.75) is 19.0 Å². The van der Waals surface area contributed by atoms with Crippen LogP contribution in [0.2, 0.25) is 5.02 Å². The molecule has 1 N–H and O–H groups in total. The van der Waals surface area contributed by atoms with E-state index in [1.165, 1.54) is 19.1 Å². The lowest BCUT2D eigenvalue weighted by Crippen LogP contribution is -2.52. The number of sulfonamides is 1. The Hall–Kier alpha value is -3.56. The highest BCUT2D eigenvalue weighted by Gasteiger charge is 2.32. The lowest BCUT2D eigenvalue weighted by molar-refractivity contribution is -0.139. The van der Waals surface area contributed by atoms with Crippen LogP contribution in [-0.2, 0) is 32.6 Å². The van der Waals surface area contributed by atoms with Gasteiger partial charge in [-0.3, -0.25) is 13.9 Å². The van der Waals surface area contributed by atoms with Crippen molar-refractivity contribution in [3.05, 3.63) is 95.0 Å². The van der Waals surface area contributed by atoms with E-state index in [4.69, 9.17) is 16.3 Å². The molecule has 0 fully saturated rings. The van der Waals surface area contributed by atoms with E-state index in [9.17, 15) is 18.0 Å². The molecule has 0 aliphatic heterocycles. The van der Waals surface area contributed by atoms with Gasteiger partial charge in [0.25, 0.3) is 0 Å². The molecule has 0 heterocycles. The summed E-state index contributed by atoms with van der Waals surface area (Å²) in [6.07, 6.45) is 1.28. The molecule has 3 aromatic rings. The smallest absolute Gasteiger partial charge is 0.244 e. The van der Waals surface area contributed by atoms with Gasteiger partial charge in [0.2, 0.25) is 21.8 Å². The number of amides is 2. The van der Waals surface area contributed by atoms with Crippen LogP contribution in [-0.4, -0.2) is 58.1 Å². The summed E-state index contributed by atoms with van der Waals surface area (Å²) in [7, 11) is -0.824. The second kappa shape index (κ2) is 12.6. The van der Waals surface area contributed by atoms with Crippen molar-refractivity contribution in [1.82, 2.24) is 10.2 Å².